The van der Waals surface area contributed by atoms with Gasteiger partial charge >= 0.3 is 5.97 Å². The number of ether oxygens (including phenoxy) is 1. The molecule has 0 bridgehead atoms. The minimum atomic E-state index is -4.12. The smallest absolute Gasteiger partial charge is 0.324 e. The van der Waals surface area contributed by atoms with E-state index in [2.05, 4.69) is 0 Å². The summed E-state index contributed by atoms with van der Waals surface area (Å²) in [6.07, 6.45) is 0. The number of rotatable bonds is 7. The SMILES string of the molecule is C[C@H](NS(=O)(=O)c1ccc(F)cc1)C(=O)OCC(=O)c1ccc(F)c(F)c1. The number of Topliss-reactive ketones (excluding diaryl/α,β-unsaturated/α-hetero) is 1. The minimum absolute atomic E-state index is 0.207. The molecule has 0 saturated carbocycles. The van der Waals surface area contributed by atoms with Crippen LogP contribution in [0.1, 0.15) is 17.3 Å². The average Bonchev–Trinajstić information content (AvgIpc) is 2.61. The van der Waals surface area contributed by atoms with Gasteiger partial charge in [-0.15, -0.1) is 0 Å². The minimum Gasteiger partial charge on any atom is -0.456 e. The molecule has 2 rings (SSSR count). The second kappa shape index (κ2) is 8.31. The molecule has 0 saturated heterocycles. The van der Waals surface area contributed by atoms with E-state index in [1.807, 2.05) is 4.72 Å². The quantitative estimate of drug-likeness (QED) is 0.568. The van der Waals surface area contributed by atoms with Gasteiger partial charge in [0.1, 0.15) is 11.9 Å². The van der Waals surface area contributed by atoms with Gasteiger partial charge in [-0.2, -0.15) is 4.72 Å². The number of esters is 1. The van der Waals surface area contributed by atoms with Crippen molar-refractivity contribution >= 4 is 21.8 Å². The van der Waals surface area contributed by atoms with Crippen molar-refractivity contribution in [3.63, 3.8) is 0 Å². The number of hydrogen-bond donors (Lipinski definition) is 1. The number of nitrogens with one attached hydrogen (secondary N) is 1. The van der Waals surface area contributed by atoms with Crippen LogP contribution in [0.3, 0.4) is 0 Å². The molecule has 0 radical (unpaired) electrons. The molecule has 1 N–H and O–H groups in total. The van der Waals surface area contributed by atoms with E-state index in [1.165, 1.54) is 6.92 Å². The highest BCUT2D eigenvalue weighted by atomic mass is 32.2. The summed E-state index contributed by atoms with van der Waals surface area (Å²) >= 11 is 0. The first-order valence-corrected chi connectivity index (χ1v) is 9.01. The summed E-state index contributed by atoms with van der Waals surface area (Å²) in [5, 5.41) is 0. The number of benzene rings is 2. The van der Waals surface area contributed by atoms with Crippen LogP contribution in [-0.2, 0) is 19.6 Å². The Morgan fingerprint density at radius 3 is 2.26 bits per heavy atom. The molecule has 2 aromatic rings. The molecule has 0 spiro atoms. The molecule has 0 unspecified atom stereocenters. The Labute approximate surface area is 153 Å². The number of ketones is 1. The zero-order valence-electron chi connectivity index (χ0n) is 13.9. The van der Waals surface area contributed by atoms with Crippen molar-refractivity contribution in [1.82, 2.24) is 4.72 Å². The Hall–Kier alpha value is -2.72. The van der Waals surface area contributed by atoms with Crippen molar-refractivity contribution in [2.45, 2.75) is 17.9 Å². The van der Waals surface area contributed by atoms with Crippen LogP contribution < -0.4 is 4.72 Å². The number of halogens is 3. The first kappa shape index (κ1) is 20.6. The Morgan fingerprint density at radius 2 is 1.67 bits per heavy atom. The molecule has 27 heavy (non-hydrogen) atoms. The maximum Gasteiger partial charge on any atom is 0.324 e. The first-order valence-electron chi connectivity index (χ1n) is 7.53. The van der Waals surface area contributed by atoms with E-state index in [0.29, 0.717) is 6.07 Å². The molecule has 0 aliphatic heterocycles. The molecule has 6 nitrogen and oxygen atoms in total. The first-order chi connectivity index (χ1) is 12.6. The van der Waals surface area contributed by atoms with Gasteiger partial charge in [0.2, 0.25) is 10.0 Å². The normalized spacial score (nSPS) is 12.4. The fourth-order valence-corrected chi connectivity index (χ4v) is 3.17. The van der Waals surface area contributed by atoms with Crippen molar-refractivity contribution in [2.75, 3.05) is 6.61 Å². The molecule has 1 atom stereocenters. The van der Waals surface area contributed by atoms with Crippen molar-refractivity contribution in [3.05, 3.63) is 65.5 Å². The van der Waals surface area contributed by atoms with Gasteiger partial charge in [0.25, 0.3) is 0 Å². The number of carbonyl (C=O) groups is 2. The average molecular weight is 401 g/mol. The third-order valence-electron chi connectivity index (χ3n) is 3.40. The lowest BCUT2D eigenvalue weighted by atomic mass is 10.1. The van der Waals surface area contributed by atoms with Crippen LogP contribution >= 0.6 is 0 Å². The second-order valence-corrected chi connectivity index (χ2v) is 7.17. The molecule has 10 heteroatoms. The van der Waals surface area contributed by atoms with Crippen molar-refractivity contribution in [2.24, 2.45) is 0 Å². The van der Waals surface area contributed by atoms with Gasteiger partial charge in [0, 0.05) is 5.56 Å². The maximum absolute atomic E-state index is 13.1. The predicted octanol–water partition coefficient (Wildman–Crippen LogP) is 2.20. The van der Waals surface area contributed by atoms with Crippen molar-refractivity contribution < 1.29 is 35.9 Å². The molecule has 0 aromatic heterocycles. The highest BCUT2D eigenvalue weighted by Gasteiger charge is 2.24. The van der Waals surface area contributed by atoms with Crippen LogP contribution in [0.2, 0.25) is 0 Å². The van der Waals surface area contributed by atoms with Crippen LogP contribution in [0.4, 0.5) is 13.2 Å². The van der Waals surface area contributed by atoms with E-state index in [9.17, 15) is 31.2 Å². The van der Waals surface area contributed by atoms with E-state index in [-0.39, 0.29) is 10.5 Å². The van der Waals surface area contributed by atoms with Crippen LogP contribution in [-0.4, -0.2) is 32.8 Å². The molecule has 0 fully saturated rings. The van der Waals surface area contributed by atoms with Gasteiger partial charge in [-0.1, -0.05) is 0 Å². The van der Waals surface area contributed by atoms with Crippen LogP contribution in [0.5, 0.6) is 0 Å². The van der Waals surface area contributed by atoms with Gasteiger partial charge in [0.15, 0.2) is 24.0 Å². The summed E-state index contributed by atoms with van der Waals surface area (Å²) in [4.78, 5) is 23.4. The van der Waals surface area contributed by atoms with Gasteiger partial charge in [0.05, 0.1) is 4.90 Å². The van der Waals surface area contributed by atoms with E-state index < -0.39 is 51.9 Å². The zero-order valence-corrected chi connectivity index (χ0v) is 14.7. The Bertz CT molecular complexity index is 961. The van der Waals surface area contributed by atoms with Crippen molar-refractivity contribution in [3.8, 4) is 0 Å². The molecule has 0 aliphatic rings. The third-order valence-corrected chi connectivity index (χ3v) is 4.95. The summed E-state index contributed by atoms with van der Waals surface area (Å²) in [7, 11) is -4.12. The van der Waals surface area contributed by atoms with Crippen LogP contribution in [0.15, 0.2) is 47.4 Å². The Kier molecular flexibility index (Phi) is 6.34. The highest BCUT2D eigenvalue weighted by molar-refractivity contribution is 7.89. The Morgan fingerprint density at radius 1 is 1.04 bits per heavy atom. The third kappa shape index (κ3) is 5.38. The number of hydrogen-bond acceptors (Lipinski definition) is 5. The van der Waals surface area contributed by atoms with Crippen LogP contribution in [0.25, 0.3) is 0 Å². The highest BCUT2D eigenvalue weighted by Crippen LogP contribution is 2.11. The summed E-state index contributed by atoms with van der Waals surface area (Å²) in [5.74, 6) is -4.84. The summed E-state index contributed by atoms with van der Waals surface area (Å²) in [6.45, 7) is 0.401. The van der Waals surface area contributed by atoms with Gasteiger partial charge in [-0.05, 0) is 49.4 Å². The number of sulfonamides is 1. The molecule has 0 amide bonds. The molecule has 0 heterocycles. The maximum atomic E-state index is 13.1. The second-order valence-electron chi connectivity index (χ2n) is 5.46. The van der Waals surface area contributed by atoms with E-state index in [0.717, 1.165) is 36.4 Å². The fraction of sp³-hybridized carbons (Fsp3) is 0.176. The molecule has 2 aromatic carbocycles. The summed E-state index contributed by atoms with van der Waals surface area (Å²) in [6, 6.07) is 5.00. The lowest BCUT2D eigenvalue weighted by Gasteiger charge is -2.13. The topological polar surface area (TPSA) is 89.5 Å². The van der Waals surface area contributed by atoms with Gasteiger partial charge < -0.3 is 4.74 Å². The van der Waals surface area contributed by atoms with E-state index in [1.54, 1.807) is 0 Å². The lowest BCUT2D eigenvalue weighted by Crippen LogP contribution is -2.40. The van der Waals surface area contributed by atoms with E-state index in [4.69, 9.17) is 4.74 Å². The molecular weight excluding hydrogens is 387 g/mol. The predicted molar refractivity (Wildman–Crippen MR) is 87.8 cm³/mol. The van der Waals surface area contributed by atoms with Gasteiger partial charge in [-0.3, -0.25) is 9.59 Å². The summed E-state index contributed by atoms with van der Waals surface area (Å²) in [5.41, 5.74) is -0.207. The van der Waals surface area contributed by atoms with Crippen LogP contribution in [0, 0.1) is 17.5 Å². The monoisotopic (exact) mass is 401 g/mol. The van der Waals surface area contributed by atoms with E-state index >= 15 is 0 Å². The standard InChI is InChI=1S/C17H14F3NO5S/c1-10(21-27(24,25)13-5-3-12(18)4-6-13)17(23)26-9-16(22)11-2-7-14(19)15(20)8-11/h2-8,10,21H,9H2,1H3/t10-/m0/s1. The molecular formula is C17H14F3NO5S. The fourth-order valence-electron chi connectivity index (χ4n) is 1.98. The van der Waals surface area contributed by atoms with Crippen molar-refractivity contribution in [1.29, 1.82) is 0 Å². The largest absolute Gasteiger partial charge is 0.456 e. The summed E-state index contributed by atoms with van der Waals surface area (Å²) < 4.78 is 69.7. The Balaban J connectivity index is 1.95. The zero-order chi connectivity index (χ0) is 20.2. The number of carbonyl (C=O) groups excluding carboxylic acids is 2. The molecule has 0 aliphatic carbocycles. The van der Waals surface area contributed by atoms with Gasteiger partial charge in [-0.25, -0.2) is 21.6 Å². The lowest BCUT2D eigenvalue weighted by molar-refractivity contribution is -0.144. The molecule has 144 valence electrons.